The van der Waals surface area contributed by atoms with Gasteiger partial charge in [0.1, 0.15) is 5.82 Å². The number of hydrogen-bond donors (Lipinski definition) is 1. The van der Waals surface area contributed by atoms with Crippen molar-refractivity contribution in [3.05, 3.63) is 22.8 Å². The zero-order valence-corrected chi connectivity index (χ0v) is 12.2. The largest absolute Gasteiger partial charge is 0.307 e. The Kier molecular flexibility index (Phi) is 3.83. The molecule has 0 spiro atoms. The van der Waals surface area contributed by atoms with Gasteiger partial charge in [-0.3, -0.25) is 0 Å². The highest BCUT2D eigenvalue weighted by Gasteiger charge is 2.25. The zero-order valence-electron chi connectivity index (χ0n) is 12.2. The highest BCUT2D eigenvalue weighted by atomic mass is 15.0. The molecule has 1 fully saturated rings. The fourth-order valence-corrected chi connectivity index (χ4v) is 3.40. The van der Waals surface area contributed by atoms with Crippen molar-refractivity contribution < 1.29 is 0 Å². The summed E-state index contributed by atoms with van der Waals surface area (Å²) in [5.74, 6) is 2.64. The van der Waals surface area contributed by atoms with Crippen LogP contribution < -0.4 is 5.32 Å². The van der Waals surface area contributed by atoms with E-state index in [4.69, 9.17) is 9.97 Å². The second-order valence-corrected chi connectivity index (χ2v) is 6.26. The molecule has 1 aromatic rings. The molecule has 3 heteroatoms. The molecule has 3 nitrogen and oxygen atoms in total. The topological polar surface area (TPSA) is 37.8 Å². The Balaban J connectivity index is 1.87. The average Bonchev–Trinajstić information content (AvgIpc) is 2.88. The molecule has 3 rings (SSSR count). The first-order chi connectivity index (χ1) is 9.28. The first kappa shape index (κ1) is 13.0. The maximum atomic E-state index is 4.93. The van der Waals surface area contributed by atoms with Crippen LogP contribution in [0.2, 0.25) is 0 Å². The monoisotopic (exact) mass is 259 g/mol. The summed E-state index contributed by atoms with van der Waals surface area (Å²) in [6.45, 7) is 6.50. The van der Waals surface area contributed by atoms with Gasteiger partial charge in [-0.25, -0.2) is 9.97 Å². The van der Waals surface area contributed by atoms with Crippen LogP contribution in [0, 0.1) is 5.92 Å². The molecule has 0 amide bonds. The molecule has 1 aliphatic carbocycles. The lowest BCUT2D eigenvalue weighted by molar-refractivity contribution is 0.339. The van der Waals surface area contributed by atoms with Crippen LogP contribution in [0.5, 0.6) is 0 Å². The Morgan fingerprint density at radius 1 is 1.11 bits per heavy atom. The Morgan fingerprint density at radius 3 is 2.63 bits per heavy atom. The van der Waals surface area contributed by atoms with Gasteiger partial charge in [0.05, 0.1) is 5.69 Å². The van der Waals surface area contributed by atoms with E-state index in [9.17, 15) is 0 Å². The van der Waals surface area contributed by atoms with Crippen LogP contribution in [-0.2, 0) is 19.5 Å². The van der Waals surface area contributed by atoms with E-state index < -0.39 is 0 Å². The molecule has 1 aromatic heterocycles. The number of fused-ring (bicyclic) bond motifs is 1. The highest BCUT2D eigenvalue weighted by molar-refractivity contribution is 5.30. The van der Waals surface area contributed by atoms with Gasteiger partial charge in [0.15, 0.2) is 0 Å². The SMILES string of the molecule is CCCc1nc(C2CCC(C)CC2)nc2c1CNC2. The molecule has 0 unspecified atom stereocenters. The molecule has 1 saturated carbocycles. The van der Waals surface area contributed by atoms with E-state index in [0.717, 1.165) is 31.3 Å². The van der Waals surface area contributed by atoms with Crippen LogP contribution in [0.3, 0.4) is 0 Å². The van der Waals surface area contributed by atoms with Crippen LogP contribution in [0.25, 0.3) is 0 Å². The van der Waals surface area contributed by atoms with Crippen LogP contribution >= 0.6 is 0 Å². The van der Waals surface area contributed by atoms with E-state index in [1.165, 1.54) is 49.1 Å². The molecule has 2 aliphatic rings. The summed E-state index contributed by atoms with van der Waals surface area (Å²) >= 11 is 0. The molecule has 19 heavy (non-hydrogen) atoms. The van der Waals surface area contributed by atoms with Crippen LogP contribution in [0.4, 0.5) is 0 Å². The summed E-state index contributed by atoms with van der Waals surface area (Å²) in [6, 6.07) is 0. The first-order valence-corrected chi connectivity index (χ1v) is 7.87. The minimum absolute atomic E-state index is 0.609. The Morgan fingerprint density at radius 2 is 1.89 bits per heavy atom. The molecule has 0 saturated heterocycles. The number of aromatic nitrogens is 2. The molecule has 0 bridgehead atoms. The third-order valence-corrected chi connectivity index (χ3v) is 4.66. The maximum Gasteiger partial charge on any atom is 0.132 e. The third kappa shape index (κ3) is 2.66. The van der Waals surface area contributed by atoms with Crippen LogP contribution in [-0.4, -0.2) is 9.97 Å². The fraction of sp³-hybridized carbons (Fsp3) is 0.750. The van der Waals surface area contributed by atoms with Crippen molar-refractivity contribution in [3.8, 4) is 0 Å². The van der Waals surface area contributed by atoms with E-state index in [-0.39, 0.29) is 0 Å². The van der Waals surface area contributed by atoms with Gasteiger partial charge in [0.25, 0.3) is 0 Å². The normalized spacial score (nSPS) is 26.4. The summed E-state index contributed by atoms with van der Waals surface area (Å²) < 4.78 is 0. The van der Waals surface area contributed by atoms with Gasteiger partial charge in [0.2, 0.25) is 0 Å². The van der Waals surface area contributed by atoms with Gasteiger partial charge in [-0.05, 0) is 25.2 Å². The summed E-state index contributed by atoms with van der Waals surface area (Å²) in [5, 5.41) is 3.42. The number of aryl methyl sites for hydroxylation is 1. The van der Waals surface area contributed by atoms with Crippen LogP contribution in [0.1, 0.15) is 74.6 Å². The van der Waals surface area contributed by atoms with Crippen molar-refractivity contribution in [3.63, 3.8) is 0 Å². The zero-order chi connectivity index (χ0) is 13.2. The molecule has 0 aromatic carbocycles. The summed E-state index contributed by atoms with van der Waals surface area (Å²) in [5.41, 5.74) is 3.97. The lowest BCUT2D eigenvalue weighted by atomic mass is 9.82. The quantitative estimate of drug-likeness (QED) is 0.905. The number of nitrogens with zero attached hydrogens (tertiary/aromatic N) is 2. The third-order valence-electron chi connectivity index (χ3n) is 4.66. The molecular weight excluding hydrogens is 234 g/mol. The predicted molar refractivity (Wildman–Crippen MR) is 76.9 cm³/mol. The van der Waals surface area contributed by atoms with Gasteiger partial charge in [-0.2, -0.15) is 0 Å². The van der Waals surface area contributed by atoms with Crippen molar-refractivity contribution in [2.45, 2.75) is 71.4 Å². The van der Waals surface area contributed by atoms with E-state index in [1.807, 2.05) is 0 Å². The Labute approximate surface area is 116 Å². The summed E-state index contributed by atoms with van der Waals surface area (Å²) in [7, 11) is 0. The smallest absolute Gasteiger partial charge is 0.132 e. The van der Waals surface area contributed by atoms with Gasteiger partial charge < -0.3 is 5.32 Å². The second kappa shape index (κ2) is 5.58. The lowest BCUT2D eigenvalue weighted by Gasteiger charge is -2.25. The number of hydrogen-bond acceptors (Lipinski definition) is 3. The number of rotatable bonds is 3. The molecule has 104 valence electrons. The molecular formula is C16H25N3. The summed E-state index contributed by atoms with van der Waals surface area (Å²) in [4.78, 5) is 9.80. The molecule has 0 atom stereocenters. The molecule has 0 radical (unpaired) electrons. The van der Waals surface area contributed by atoms with Gasteiger partial charge in [-0.15, -0.1) is 0 Å². The van der Waals surface area contributed by atoms with Crippen molar-refractivity contribution in [1.82, 2.24) is 15.3 Å². The van der Waals surface area contributed by atoms with E-state index >= 15 is 0 Å². The highest BCUT2D eigenvalue weighted by Crippen LogP contribution is 2.34. The first-order valence-electron chi connectivity index (χ1n) is 7.87. The molecule has 1 N–H and O–H groups in total. The second-order valence-electron chi connectivity index (χ2n) is 6.26. The summed E-state index contributed by atoms with van der Waals surface area (Å²) in [6.07, 6.45) is 7.50. The van der Waals surface area contributed by atoms with Crippen molar-refractivity contribution >= 4 is 0 Å². The van der Waals surface area contributed by atoms with Gasteiger partial charge in [0, 0.05) is 30.3 Å². The average molecular weight is 259 g/mol. The standard InChI is InChI=1S/C16H25N3/c1-3-4-14-13-9-17-10-15(13)19-16(18-14)12-7-5-11(2)6-8-12/h11-12,17H,3-10H2,1-2H3. The maximum absolute atomic E-state index is 4.93. The fourth-order valence-electron chi connectivity index (χ4n) is 3.40. The molecule has 2 heterocycles. The number of nitrogens with one attached hydrogen (secondary N) is 1. The Bertz CT molecular complexity index is 448. The van der Waals surface area contributed by atoms with Crippen molar-refractivity contribution in [2.75, 3.05) is 0 Å². The van der Waals surface area contributed by atoms with Crippen LogP contribution in [0.15, 0.2) is 0 Å². The minimum Gasteiger partial charge on any atom is -0.307 e. The van der Waals surface area contributed by atoms with Crippen molar-refractivity contribution in [1.29, 1.82) is 0 Å². The minimum atomic E-state index is 0.609. The van der Waals surface area contributed by atoms with E-state index in [1.54, 1.807) is 0 Å². The van der Waals surface area contributed by atoms with Gasteiger partial charge in [-0.1, -0.05) is 33.1 Å². The van der Waals surface area contributed by atoms with E-state index in [2.05, 4.69) is 19.2 Å². The predicted octanol–water partition coefficient (Wildman–Crippen LogP) is 3.33. The Hall–Kier alpha value is -0.960. The molecule has 1 aliphatic heterocycles. The van der Waals surface area contributed by atoms with Crippen molar-refractivity contribution in [2.24, 2.45) is 5.92 Å². The lowest BCUT2D eigenvalue weighted by Crippen LogP contribution is -2.16. The van der Waals surface area contributed by atoms with E-state index in [0.29, 0.717) is 5.92 Å². The van der Waals surface area contributed by atoms with Gasteiger partial charge >= 0.3 is 0 Å².